The largest absolute Gasteiger partial charge is 0.511 e. The lowest BCUT2D eigenvalue weighted by molar-refractivity contribution is -0.122. The van der Waals surface area contributed by atoms with Gasteiger partial charge in [0.2, 0.25) is 5.91 Å². The molecule has 0 aromatic carbocycles. The Labute approximate surface area is 110 Å². The fraction of sp³-hybridized carbons (Fsp3) is 0.786. The zero-order valence-corrected chi connectivity index (χ0v) is 12.1. The summed E-state index contributed by atoms with van der Waals surface area (Å²) in [6.45, 7) is 10.7. The lowest BCUT2D eigenvalue weighted by Gasteiger charge is -2.21. The Kier molecular flexibility index (Phi) is 4.43. The molecule has 0 unspecified atom stereocenters. The van der Waals surface area contributed by atoms with E-state index in [2.05, 4.69) is 10.6 Å². The maximum atomic E-state index is 11.6. The van der Waals surface area contributed by atoms with Crippen LogP contribution in [0.25, 0.3) is 0 Å². The van der Waals surface area contributed by atoms with E-state index in [0.717, 1.165) is 0 Å². The van der Waals surface area contributed by atoms with Gasteiger partial charge in [-0.1, -0.05) is 20.8 Å². The van der Waals surface area contributed by atoms with Crippen molar-refractivity contribution >= 4 is 5.91 Å². The topological polar surface area (TPSA) is 61.4 Å². The Morgan fingerprint density at radius 2 is 2.11 bits per heavy atom. The van der Waals surface area contributed by atoms with Gasteiger partial charge < -0.3 is 10.4 Å². The van der Waals surface area contributed by atoms with Crippen molar-refractivity contribution in [2.45, 2.75) is 59.0 Å². The van der Waals surface area contributed by atoms with E-state index in [1.54, 1.807) is 0 Å². The molecule has 1 rings (SSSR count). The van der Waals surface area contributed by atoms with E-state index in [-0.39, 0.29) is 22.9 Å². The molecule has 1 atom stereocenters. The van der Waals surface area contributed by atoms with E-state index in [4.69, 9.17) is 0 Å². The van der Waals surface area contributed by atoms with Crippen molar-refractivity contribution in [2.24, 2.45) is 5.41 Å². The molecule has 0 aliphatic carbocycles. The minimum absolute atomic E-state index is 0.0136. The van der Waals surface area contributed by atoms with Gasteiger partial charge in [-0.15, -0.1) is 0 Å². The lowest BCUT2D eigenvalue weighted by Crippen LogP contribution is -2.41. The molecule has 0 saturated heterocycles. The predicted octanol–water partition coefficient (Wildman–Crippen LogP) is 2.12. The molecule has 0 spiro atoms. The molecule has 0 fully saturated rings. The molecule has 1 aliphatic rings. The third-order valence-corrected chi connectivity index (χ3v) is 2.86. The zero-order chi connectivity index (χ0) is 14.0. The number of aliphatic hydroxyl groups excluding tert-OH is 1. The molecule has 4 nitrogen and oxygen atoms in total. The van der Waals surface area contributed by atoms with Gasteiger partial charge in [-0.3, -0.25) is 10.1 Å². The van der Waals surface area contributed by atoms with E-state index < -0.39 is 0 Å². The highest BCUT2D eigenvalue weighted by Gasteiger charge is 2.30. The van der Waals surface area contributed by atoms with Crippen molar-refractivity contribution < 1.29 is 9.90 Å². The van der Waals surface area contributed by atoms with Crippen LogP contribution in [0.3, 0.4) is 0 Å². The van der Waals surface area contributed by atoms with Crippen LogP contribution in [0.4, 0.5) is 0 Å². The van der Waals surface area contributed by atoms with Crippen LogP contribution in [0.1, 0.15) is 47.5 Å². The van der Waals surface area contributed by atoms with E-state index in [9.17, 15) is 9.90 Å². The molecule has 0 bridgehead atoms. The maximum absolute atomic E-state index is 11.6. The Morgan fingerprint density at radius 1 is 1.50 bits per heavy atom. The second kappa shape index (κ2) is 5.31. The van der Waals surface area contributed by atoms with Crippen molar-refractivity contribution in [2.75, 3.05) is 6.54 Å². The number of amides is 1. The second-order valence-corrected chi connectivity index (χ2v) is 6.86. The third kappa shape index (κ3) is 5.08. The Balaban J connectivity index is 2.28. The van der Waals surface area contributed by atoms with Crippen LogP contribution in [0.15, 0.2) is 11.8 Å². The van der Waals surface area contributed by atoms with Gasteiger partial charge in [-0.25, -0.2) is 0 Å². The normalized spacial score (nSPS) is 22.7. The molecule has 0 aromatic heterocycles. The van der Waals surface area contributed by atoms with Crippen LogP contribution >= 0.6 is 0 Å². The number of aliphatic hydroxyl groups is 1. The molecule has 1 amide bonds. The summed E-state index contributed by atoms with van der Waals surface area (Å²) in [6.07, 6.45) is 3.06. The van der Waals surface area contributed by atoms with Crippen LogP contribution < -0.4 is 10.6 Å². The third-order valence-electron chi connectivity index (χ3n) is 2.86. The Morgan fingerprint density at radius 3 is 2.56 bits per heavy atom. The standard InChI is InChI=1S/C14H26N2O2/c1-13(2,3)9-12(18)15-7-6-10-11(17)8-14(4,5)16-10/h8,10,16-17H,6-7,9H2,1-5H3,(H,15,18)/t10-/m1/s1. The van der Waals surface area contributed by atoms with Gasteiger partial charge >= 0.3 is 0 Å². The zero-order valence-electron chi connectivity index (χ0n) is 12.1. The van der Waals surface area contributed by atoms with Gasteiger partial charge in [0.05, 0.1) is 6.04 Å². The first kappa shape index (κ1) is 15.0. The summed E-state index contributed by atoms with van der Waals surface area (Å²) in [5, 5.41) is 16.0. The Hall–Kier alpha value is -1.03. The molecule has 4 heteroatoms. The van der Waals surface area contributed by atoms with Crippen LogP contribution in [-0.2, 0) is 4.79 Å². The first-order chi connectivity index (χ1) is 8.09. The quantitative estimate of drug-likeness (QED) is 0.720. The lowest BCUT2D eigenvalue weighted by atomic mass is 9.92. The van der Waals surface area contributed by atoms with Crippen molar-refractivity contribution in [3.8, 4) is 0 Å². The summed E-state index contributed by atoms with van der Waals surface area (Å²) >= 11 is 0. The molecular weight excluding hydrogens is 228 g/mol. The first-order valence-electron chi connectivity index (χ1n) is 6.55. The van der Waals surface area contributed by atoms with Gasteiger partial charge in [0.1, 0.15) is 5.76 Å². The summed E-state index contributed by atoms with van der Waals surface area (Å²) in [5.74, 6) is 0.452. The number of nitrogens with one attached hydrogen (secondary N) is 2. The summed E-state index contributed by atoms with van der Waals surface area (Å²) in [5.41, 5.74) is -0.149. The van der Waals surface area contributed by atoms with Gasteiger partial charge in [0, 0.05) is 18.5 Å². The van der Waals surface area contributed by atoms with Crippen LogP contribution in [0, 0.1) is 5.41 Å². The van der Waals surface area contributed by atoms with Crippen molar-refractivity contribution in [1.29, 1.82) is 0 Å². The van der Waals surface area contributed by atoms with Crippen LogP contribution in [0.2, 0.25) is 0 Å². The van der Waals surface area contributed by atoms with E-state index in [0.29, 0.717) is 25.1 Å². The molecule has 1 aliphatic heterocycles. The monoisotopic (exact) mass is 254 g/mol. The fourth-order valence-corrected chi connectivity index (χ4v) is 2.16. The molecule has 3 N–H and O–H groups in total. The van der Waals surface area contributed by atoms with E-state index in [1.807, 2.05) is 40.7 Å². The van der Waals surface area contributed by atoms with E-state index in [1.165, 1.54) is 0 Å². The minimum Gasteiger partial charge on any atom is -0.511 e. The van der Waals surface area contributed by atoms with Gasteiger partial charge in [0.15, 0.2) is 0 Å². The number of rotatable bonds is 4. The predicted molar refractivity (Wildman–Crippen MR) is 73.4 cm³/mol. The van der Waals surface area contributed by atoms with E-state index >= 15 is 0 Å². The first-order valence-corrected chi connectivity index (χ1v) is 6.55. The second-order valence-electron chi connectivity index (χ2n) is 6.86. The number of hydrogen-bond donors (Lipinski definition) is 3. The smallest absolute Gasteiger partial charge is 0.220 e. The molecule has 0 radical (unpaired) electrons. The molecule has 18 heavy (non-hydrogen) atoms. The summed E-state index contributed by atoms with van der Waals surface area (Å²) < 4.78 is 0. The summed E-state index contributed by atoms with van der Waals surface area (Å²) in [6, 6.07) is -0.0464. The highest BCUT2D eigenvalue weighted by molar-refractivity contribution is 5.76. The SMILES string of the molecule is CC(C)(C)CC(=O)NCC[C@H]1NC(C)(C)C=C1O. The van der Waals surface area contributed by atoms with Gasteiger partial charge in [0.25, 0.3) is 0 Å². The molecule has 1 heterocycles. The maximum Gasteiger partial charge on any atom is 0.220 e. The van der Waals surface area contributed by atoms with Crippen molar-refractivity contribution in [3.63, 3.8) is 0 Å². The highest BCUT2D eigenvalue weighted by Crippen LogP contribution is 2.21. The van der Waals surface area contributed by atoms with Crippen LogP contribution in [0.5, 0.6) is 0 Å². The van der Waals surface area contributed by atoms with Gasteiger partial charge in [-0.05, 0) is 31.8 Å². The fourth-order valence-electron chi connectivity index (χ4n) is 2.16. The molecular formula is C14H26N2O2. The summed E-state index contributed by atoms with van der Waals surface area (Å²) in [7, 11) is 0. The van der Waals surface area contributed by atoms with Gasteiger partial charge in [-0.2, -0.15) is 0 Å². The highest BCUT2D eigenvalue weighted by atomic mass is 16.3. The van der Waals surface area contributed by atoms with Crippen LogP contribution in [-0.4, -0.2) is 29.1 Å². The minimum atomic E-state index is -0.163. The number of carbonyl (C=O) groups is 1. The number of carbonyl (C=O) groups excluding carboxylic acids is 1. The Bertz CT molecular complexity index is 340. The molecule has 0 aromatic rings. The molecule has 104 valence electrons. The van der Waals surface area contributed by atoms with Crippen molar-refractivity contribution in [1.82, 2.24) is 10.6 Å². The summed E-state index contributed by atoms with van der Waals surface area (Å²) in [4.78, 5) is 11.6. The average Bonchev–Trinajstić information content (AvgIpc) is 2.36. The van der Waals surface area contributed by atoms with Crippen molar-refractivity contribution in [3.05, 3.63) is 11.8 Å². The number of hydrogen-bond acceptors (Lipinski definition) is 3. The molecule has 0 saturated carbocycles. The average molecular weight is 254 g/mol.